The Hall–Kier alpha value is -0.770. The smallest absolute Gasteiger partial charge is 0.407 e. The van der Waals surface area contributed by atoms with Gasteiger partial charge in [0.25, 0.3) is 0 Å². The number of hydrogen-bond acceptors (Lipinski definition) is 3. The minimum absolute atomic E-state index is 0.172. The van der Waals surface area contributed by atoms with Crippen LogP contribution in [0.15, 0.2) is 0 Å². The summed E-state index contributed by atoms with van der Waals surface area (Å²) < 4.78 is 10.9. The van der Waals surface area contributed by atoms with Crippen molar-refractivity contribution in [2.45, 2.75) is 65.2 Å². The maximum absolute atomic E-state index is 11.6. The Morgan fingerprint density at radius 2 is 2.06 bits per heavy atom. The predicted octanol–water partition coefficient (Wildman–Crippen LogP) is 2.71. The lowest BCUT2D eigenvalue weighted by Gasteiger charge is -2.32. The van der Waals surface area contributed by atoms with Gasteiger partial charge in [0, 0.05) is 12.6 Å². The number of rotatable bonds is 2. The Morgan fingerprint density at radius 1 is 1.41 bits per heavy atom. The summed E-state index contributed by atoms with van der Waals surface area (Å²) in [5.74, 6) is 0.484. The molecule has 100 valence electrons. The summed E-state index contributed by atoms with van der Waals surface area (Å²) in [4.78, 5) is 11.6. The van der Waals surface area contributed by atoms with E-state index in [1.807, 2.05) is 20.8 Å². The highest BCUT2D eigenvalue weighted by molar-refractivity contribution is 5.68. The lowest BCUT2D eigenvalue weighted by Crippen LogP contribution is -2.45. The third-order valence-corrected chi connectivity index (χ3v) is 2.78. The zero-order valence-electron chi connectivity index (χ0n) is 11.6. The number of alkyl carbamates (subject to hydrolysis) is 1. The van der Waals surface area contributed by atoms with Gasteiger partial charge in [0.05, 0.1) is 6.10 Å². The molecule has 0 unspecified atom stereocenters. The molecule has 2 atom stereocenters. The second kappa shape index (κ2) is 5.71. The SMILES string of the molecule is CC(C)[C@H]1C[C@@H](NC(=O)OC(C)(C)C)CCO1. The van der Waals surface area contributed by atoms with Gasteiger partial charge in [-0.2, -0.15) is 0 Å². The number of ether oxygens (including phenoxy) is 2. The third-order valence-electron chi connectivity index (χ3n) is 2.78. The second-order valence-corrected chi connectivity index (χ2v) is 6.02. The molecule has 1 heterocycles. The van der Waals surface area contributed by atoms with Crippen LogP contribution in [-0.2, 0) is 9.47 Å². The number of amides is 1. The van der Waals surface area contributed by atoms with Crippen LogP contribution in [0.25, 0.3) is 0 Å². The van der Waals surface area contributed by atoms with E-state index in [0.717, 1.165) is 12.8 Å². The van der Waals surface area contributed by atoms with Crippen LogP contribution in [0.1, 0.15) is 47.5 Å². The molecule has 1 rings (SSSR count). The van der Waals surface area contributed by atoms with E-state index in [4.69, 9.17) is 9.47 Å². The normalized spacial score (nSPS) is 25.8. The summed E-state index contributed by atoms with van der Waals surface area (Å²) in [6, 6.07) is 0.172. The molecule has 1 N–H and O–H groups in total. The van der Waals surface area contributed by atoms with Gasteiger partial charge in [-0.1, -0.05) is 13.8 Å². The van der Waals surface area contributed by atoms with Crippen LogP contribution in [-0.4, -0.2) is 30.4 Å². The van der Waals surface area contributed by atoms with Crippen molar-refractivity contribution in [1.82, 2.24) is 5.32 Å². The van der Waals surface area contributed by atoms with Gasteiger partial charge in [-0.15, -0.1) is 0 Å². The first-order chi connectivity index (χ1) is 7.78. The zero-order chi connectivity index (χ0) is 13.1. The Kier molecular flexibility index (Phi) is 4.80. The van der Waals surface area contributed by atoms with Crippen LogP contribution >= 0.6 is 0 Å². The quantitative estimate of drug-likeness (QED) is 0.811. The first-order valence-electron chi connectivity index (χ1n) is 6.39. The predicted molar refractivity (Wildman–Crippen MR) is 67.0 cm³/mol. The maximum Gasteiger partial charge on any atom is 0.407 e. The molecule has 1 saturated heterocycles. The number of nitrogens with one attached hydrogen (secondary N) is 1. The van der Waals surface area contributed by atoms with E-state index in [1.54, 1.807) is 0 Å². The molecule has 0 aromatic rings. The molecule has 17 heavy (non-hydrogen) atoms. The molecule has 1 aliphatic heterocycles. The summed E-state index contributed by atoms with van der Waals surface area (Å²) in [7, 11) is 0. The van der Waals surface area contributed by atoms with E-state index in [-0.39, 0.29) is 18.2 Å². The van der Waals surface area contributed by atoms with E-state index in [1.165, 1.54) is 0 Å². The fourth-order valence-corrected chi connectivity index (χ4v) is 1.90. The highest BCUT2D eigenvalue weighted by atomic mass is 16.6. The molecule has 0 spiro atoms. The first-order valence-corrected chi connectivity index (χ1v) is 6.39. The van der Waals surface area contributed by atoms with Crippen molar-refractivity contribution in [3.63, 3.8) is 0 Å². The molecule has 1 fully saturated rings. The van der Waals surface area contributed by atoms with Gasteiger partial charge in [-0.25, -0.2) is 4.79 Å². The van der Waals surface area contributed by atoms with E-state index < -0.39 is 5.60 Å². The zero-order valence-corrected chi connectivity index (χ0v) is 11.6. The topological polar surface area (TPSA) is 47.6 Å². The Morgan fingerprint density at radius 3 is 2.59 bits per heavy atom. The standard InChI is InChI=1S/C13H25NO3/c1-9(2)11-8-10(6-7-16-11)14-12(15)17-13(3,4)5/h9-11H,6-8H2,1-5H3,(H,14,15)/t10-,11+/m0/s1. The van der Waals surface area contributed by atoms with Gasteiger partial charge < -0.3 is 14.8 Å². The second-order valence-electron chi connectivity index (χ2n) is 6.02. The van der Waals surface area contributed by atoms with Crippen molar-refractivity contribution in [3.8, 4) is 0 Å². The highest BCUT2D eigenvalue weighted by Crippen LogP contribution is 2.20. The van der Waals surface area contributed by atoms with Crippen LogP contribution in [0.2, 0.25) is 0 Å². The largest absolute Gasteiger partial charge is 0.444 e. The van der Waals surface area contributed by atoms with Crippen molar-refractivity contribution in [2.75, 3.05) is 6.61 Å². The van der Waals surface area contributed by atoms with Crippen molar-refractivity contribution >= 4 is 6.09 Å². The van der Waals surface area contributed by atoms with E-state index >= 15 is 0 Å². The van der Waals surface area contributed by atoms with Crippen molar-refractivity contribution in [2.24, 2.45) is 5.92 Å². The van der Waals surface area contributed by atoms with Crippen LogP contribution in [0.4, 0.5) is 4.79 Å². The van der Waals surface area contributed by atoms with Crippen LogP contribution in [0.5, 0.6) is 0 Å². The molecule has 4 heteroatoms. The summed E-state index contributed by atoms with van der Waals surface area (Å²) in [6.07, 6.45) is 1.65. The van der Waals surface area contributed by atoms with Crippen LogP contribution < -0.4 is 5.32 Å². The van der Waals surface area contributed by atoms with Gasteiger partial charge >= 0.3 is 6.09 Å². The summed E-state index contributed by atoms with van der Waals surface area (Å²) in [5, 5.41) is 2.92. The summed E-state index contributed by atoms with van der Waals surface area (Å²) >= 11 is 0. The molecule has 1 amide bonds. The molecular weight excluding hydrogens is 218 g/mol. The lowest BCUT2D eigenvalue weighted by atomic mass is 9.95. The molecule has 4 nitrogen and oxygen atoms in total. The minimum atomic E-state index is -0.438. The molecular formula is C13H25NO3. The van der Waals surface area contributed by atoms with Crippen molar-refractivity contribution in [1.29, 1.82) is 0 Å². The molecule has 0 aromatic heterocycles. The molecule has 0 saturated carbocycles. The summed E-state index contributed by atoms with van der Waals surface area (Å²) in [5.41, 5.74) is -0.438. The molecule has 1 aliphatic rings. The fourth-order valence-electron chi connectivity index (χ4n) is 1.90. The Balaban J connectivity index is 2.38. The van der Waals surface area contributed by atoms with Gasteiger partial charge in [0.1, 0.15) is 5.60 Å². The number of carbonyl (C=O) groups is 1. The average Bonchev–Trinajstić information content (AvgIpc) is 2.14. The average molecular weight is 243 g/mol. The van der Waals surface area contributed by atoms with E-state index in [0.29, 0.717) is 12.5 Å². The van der Waals surface area contributed by atoms with E-state index in [9.17, 15) is 4.79 Å². The van der Waals surface area contributed by atoms with E-state index in [2.05, 4.69) is 19.2 Å². The first kappa shape index (κ1) is 14.3. The molecule has 0 aliphatic carbocycles. The Labute approximate surface area is 104 Å². The summed E-state index contributed by atoms with van der Waals surface area (Å²) in [6.45, 7) is 10.6. The molecule has 0 aromatic carbocycles. The van der Waals surface area contributed by atoms with Crippen molar-refractivity contribution in [3.05, 3.63) is 0 Å². The fraction of sp³-hybridized carbons (Fsp3) is 0.923. The van der Waals surface area contributed by atoms with Gasteiger partial charge in [-0.05, 0) is 39.5 Å². The van der Waals surface area contributed by atoms with Gasteiger partial charge in [-0.3, -0.25) is 0 Å². The van der Waals surface area contributed by atoms with Crippen LogP contribution in [0, 0.1) is 5.92 Å². The molecule has 0 bridgehead atoms. The van der Waals surface area contributed by atoms with Gasteiger partial charge in [0.2, 0.25) is 0 Å². The third kappa shape index (κ3) is 5.39. The highest BCUT2D eigenvalue weighted by Gasteiger charge is 2.27. The van der Waals surface area contributed by atoms with Crippen molar-refractivity contribution < 1.29 is 14.3 Å². The van der Waals surface area contributed by atoms with Crippen LogP contribution in [0.3, 0.4) is 0 Å². The lowest BCUT2D eigenvalue weighted by molar-refractivity contribution is -0.0263. The Bertz CT molecular complexity index is 258. The monoisotopic (exact) mass is 243 g/mol. The number of carbonyl (C=O) groups excluding carboxylic acids is 1. The van der Waals surface area contributed by atoms with Gasteiger partial charge in [0.15, 0.2) is 0 Å². The maximum atomic E-state index is 11.6. The minimum Gasteiger partial charge on any atom is -0.444 e. The molecule has 0 radical (unpaired) electrons. The number of hydrogen-bond donors (Lipinski definition) is 1.